The molecule has 1 aliphatic rings. The predicted octanol–water partition coefficient (Wildman–Crippen LogP) is 0.305. The van der Waals surface area contributed by atoms with Crippen molar-refractivity contribution in [3.8, 4) is 0 Å². The van der Waals surface area contributed by atoms with Crippen LogP contribution in [0, 0.1) is 0 Å². The van der Waals surface area contributed by atoms with E-state index < -0.39 is 17.5 Å². The molecule has 0 saturated carbocycles. The molecule has 2 heterocycles. The minimum absolute atomic E-state index is 0.00602. The van der Waals surface area contributed by atoms with Gasteiger partial charge in [-0.2, -0.15) is 18.3 Å². The Hall–Kier alpha value is -1.08. The van der Waals surface area contributed by atoms with Gasteiger partial charge in [-0.25, -0.2) is 0 Å². The van der Waals surface area contributed by atoms with Gasteiger partial charge in [0.05, 0.1) is 11.8 Å². The minimum Gasteiger partial charge on any atom is -0.387 e. The van der Waals surface area contributed by atoms with Gasteiger partial charge in [-0.15, -0.1) is 0 Å². The summed E-state index contributed by atoms with van der Waals surface area (Å²) in [4.78, 5) is 0. The average Bonchev–Trinajstić information content (AvgIpc) is 2.48. The third kappa shape index (κ3) is 1.98. The van der Waals surface area contributed by atoms with Crippen LogP contribution in [0.25, 0.3) is 0 Å². The molecular weight excluding hydrogens is 211 g/mol. The third-order valence-electron chi connectivity index (χ3n) is 2.43. The van der Waals surface area contributed by atoms with Crippen LogP contribution >= 0.6 is 0 Å². The normalized spacial score (nSPS) is 20.0. The number of hydrogen-bond acceptors (Lipinski definition) is 3. The van der Waals surface area contributed by atoms with E-state index in [0.717, 1.165) is 6.20 Å². The monoisotopic (exact) mass is 221 g/mol. The molecular formula is C8H10F3N3O. The summed E-state index contributed by atoms with van der Waals surface area (Å²) in [7, 11) is 0. The highest BCUT2D eigenvalue weighted by atomic mass is 19.4. The van der Waals surface area contributed by atoms with E-state index in [2.05, 4.69) is 10.4 Å². The van der Waals surface area contributed by atoms with Gasteiger partial charge in [-0.1, -0.05) is 0 Å². The Morgan fingerprint density at radius 3 is 2.60 bits per heavy atom. The Morgan fingerprint density at radius 2 is 2.13 bits per heavy atom. The first kappa shape index (κ1) is 10.4. The van der Waals surface area contributed by atoms with Gasteiger partial charge in [0.2, 0.25) is 0 Å². The summed E-state index contributed by atoms with van der Waals surface area (Å²) in [5.41, 5.74) is -1.93. The number of hydrogen-bond donors (Lipinski definition) is 3. The van der Waals surface area contributed by atoms with Crippen molar-refractivity contribution in [1.29, 1.82) is 0 Å². The summed E-state index contributed by atoms with van der Waals surface area (Å²) in [6, 6.07) is 0. The Labute approximate surface area is 83.5 Å². The molecule has 1 fully saturated rings. The van der Waals surface area contributed by atoms with Crippen molar-refractivity contribution in [2.75, 3.05) is 13.1 Å². The molecule has 0 radical (unpaired) electrons. The molecule has 0 amide bonds. The Morgan fingerprint density at radius 1 is 1.47 bits per heavy atom. The molecule has 1 aromatic heterocycles. The molecule has 0 unspecified atom stereocenters. The van der Waals surface area contributed by atoms with Crippen molar-refractivity contribution in [1.82, 2.24) is 15.5 Å². The largest absolute Gasteiger partial charge is 0.433 e. The lowest BCUT2D eigenvalue weighted by atomic mass is 9.89. The van der Waals surface area contributed by atoms with Gasteiger partial charge in [0, 0.05) is 25.1 Å². The summed E-state index contributed by atoms with van der Waals surface area (Å²) in [6.45, 7) is 0.630. The summed E-state index contributed by atoms with van der Waals surface area (Å²) in [6.07, 6.45) is -3.37. The number of rotatable bonds is 2. The number of nitrogens with one attached hydrogen (secondary N) is 2. The number of H-pyrrole nitrogens is 1. The molecule has 0 aliphatic carbocycles. The van der Waals surface area contributed by atoms with Gasteiger partial charge in [-0.3, -0.25) is 5.10 Å². The molecule has 15 heavy (non-hydrogen) atoms. The Kier molecular flexibility index (Phi) is 2.23. The summed E-state index contributed by atoms with van der Waals surface area (Å²) in [5, 5.41) is 17.8. The Bertz CT molecular complexity index is 356. The quantitative estimate of drug-likeness (QED) is 0.673. The second kappa shape index (κ2) is 3.21. The van der Waals surface area contributed by atoms with E-state index in [1.165, 1.54) is 0 Å². The lowest BCUT2D eigenvalue weighted by molar-refractivity contribution is -0.142. The van der Waals surface area contributed by atoms with Crippen LogP contribution in [0.3, 0.4) is 0 Å². The van der Waals surface area contributed by atoms with Crippen LogP contribution in [0.1, 0.15) is 11.3 Å². The predicted molar refractivity (Wildman–Crippen MR) is 45.1 cm³/mol. The maximum Gasteiger partial charge on any atom is 0.433 e. The first-order valence-electron chi connectivity index (χ1n) is 4.43. The van der Waals surface area contributed by atoms with E-state index in [9.17, 15) is 18.3 Å². The van der Waals surface area contributed by atoms with Crippen molar-refractivity contribution in [2.24, 2.45) is 0 Å². The van der Waals surface area contributed by atoms with E-state index in [1.54, 1.807) is 0 Å². The molecule has 1 saturated heterocycles. The molecule has 1 aromatic rings. The maximum absolute atomic E-state index is 12.4. The van der Waals surface area contributed by atoms with Crippen LogP contribution < -0.4 is 5.32 Å². The fraction of sp³-hybridized carbons (Fsp3) is 0.625. The third-order valence-corrected chi connectivity index (χ3v) is 2.43. The van der Waals surface area contributed by atoms with Crippen molar-refractivity contribution in [3.63, 3.8) is 0 Å². The highest BCUT2D eigenvalue weighted by Gasteiger charge is 2.40. The number of aromatic nitrogens is 2. The molecule has 7 heteroatoms. The first-order valence-corrected chi connectivity index (χ1v) is 4.43. The fourth-order valence-corrected chi connectivity index (χ4v) is 1.58. The minimum atomic E-state index is -4.45. The number of halogens is 3. The van der Waals surface area contributed by atoms with E-state index >= 15 is 0 Å². The maximum atomic E-state index is 12.4. The van der Waals surface area contributed by atoms with Gasteiger partial charge in [-0.05, 0) is 0 Å². The van der Waals surface area contributed by atoms with E-state index in [1.807, 2.05) is 5.10 Å². The SMILES string of the molecule is OC1(Cc2cn[nH]c2C(F)(F)F)CNC1. The average molecular weight is 221 g/mol. The standard InChI is InChI=1S/C8H10F3N3O/c9-8(10,11)6-5(2-13-14-6)1-7(15)3-12-4-7/h2,12,15H,1,3-4H2,(H,13,14). The molecule has 3 N–H and O–H groups in total. The molecule has 0 bridgehead atoms. The number of aromatic amines is 1. The van der Waals surface area contributed by atoms with Gasteiger partial charge < -0.3 is 10.4 Å². The van der Waals surface area contributed by atoms with Gasteiger partial charge in [0.1, 0.15) is 5.69 Å². The molecule has 0 aromatic carbocycles. The van der Waals surface area contributed by atoms with Crippen LogP contribution in [0.4, 0.5) is 13.2 Å². The summed E-state index contributed by atoms with van der Waals surface area (Å²) >= 11 is 0. The molecule has 4 nitrogen and oxygen atoms in total. The lowest BCUT2D eigenvalue weighted by Crippen LogP contribution is -2.60. The lowest BCUT2D eigenvalue weighted by Gasteiger charge is -2.37. The second-order valence-corrected chi connectivity index (χ2v) is 3.77. The highest BCUT2D eigenvalue weighted by molar-refractivity contribution is 5.22. The molecule has 0 atom stereocenters. The van der Waals surface area contributed by atoms with E-state index in [0.29, 0.717) is 13.1 Å². The van der Waals surface area contributed by atoms with Crippen molar-refractivity contribution in [3.05, 3.63) is 17.5 Å². The summed E-state index contributed by atoms with van der Waals surface area (Å²) in [5.74, 6) is 0. The number of aliphatic hydroxyl groups is 1. The number of β-amino-alcohol motifs (C(OH)–C–C–N with tert-alkyl or cyclic N) is 1. The van der Waals surface area contributed by atoms with Crippen molar-refractivity contribution >= 4 is 0 Å². The fourth-order valence-electron chi connectivity index (χ4n) is 1.58. The van der Waals surface area contributed by atoms with Gasteiger partial charge in [0.15, 0.2) is 0 Å². The van der Waals surface area contributed by atoms with Crippen molar-refractivity contribution < 1.29 is 18.3 Å². The number of alkyl halides is 3. The molecule has 2 rings (SSSR count). The van der Waals surface area contributed by atoms with Crippen LogP contribution in [-0.2, 0) is 12.6 Å². The van der Waals surface area contributed by atoms with Gasteiger partial charge >= 0.3 is 6.18 Å². The van der Waals surface area contributed by atoms with Gasteiger partial charge in [0.25, 0.3) is 0 Å². The summed E-state index contributed by atoms with van der Waals surface area (Å²) < 4.78 is 37.2. The second-order valence-electron chi connectivity index (χ2n) is 3.77. The molecule has 0 spiro atoms. The molecule has 84 valence electrons. The van der Waals surface area contributed by atoms with Crippen LogP contribution in [0.2, 0.25) is 0 Å². The molecule has 1 aliphatic heterocycles. The highest BCUT2D eigenvalue weighted by Crippen LogP contribution is 2.32. The van der Waals surface area contributed by atoms with Crippen LogP contribution in [-0.4, -0.2) is 34.0 Å². The zero-order chi connectivity index (χ0) is 11.1. The van der Waals surface area contributed by atoms with E-state index in [-0.39, 0.29) is 12.0 Å². The van der Waals surface area contributed by atoms with E-state index in [4.69, 9.17) is 0 Å². The smallest absolute Gasteiger partial charge is 0.387 e. The number of nitrogens with zero attached hydrogens (tertiary/aromatic N) is 1. The Balaban J connectivity index is 2.18. The van der Waals surface area contributed by atoms with Crippen molar-refractivity contribution in [2.45, 2.75) is 18.2 Å². The zero-order valence-electron chi connectivity index (χ0n) is 7.73. The van der Waals surface area contributed by atoms with Crippen LogP contribution in [0.15, 0.2) is 6.20 Å². The first-order chi connectivity index (χ1) is 6.91. The topological polar surface area (TPSA) is 60.9 Å². The van der Waals surface area contributed by atoms with Crippen LogP contribution in [0.5, 0.6) is 0 Å². The zero-order valence-corrected chi connectivity index (χ0v) is 7.73.